The van der Waals surface area contributed by atoms with Gasteiger partial charge in [0.25, 0.3) is 5.56 Å². The summed E-state index contributed by atoms with van der Waals surface area (Å²) in [6.07, 6.45) is 18.0. The van der Waals surface area contributed by atoms with Crippen molar-refractivity contribution < 1.29 is 72.6 Å². The number of nitrogens with one attached hydrogen (secondary N) is 1. The number of anilines is 2. The van der Waals surface area contributed by atoms with E-state index in [-0.39, 0.29) is 63.7 Å². The third-order valence-electron chi connectivity index (χ3n) is 20.5. The van der Waals surface area contributed by atoms with Gasteiger partial charge in [-0.05, 0) is 245 Å². The maximum atomic E-state index is 13.2. The van der Waals surface area contributed by atoms with Gasteiger partial charge in [-0.2, -0.15) is 0 Å². The topological polar surface area (TPSA) is 361 Å². The van der Waals surface area contributed by atoms with Crippen molar-refractivity contribution in [2.75, 3.05) is 144 Å². The largest absolute Gasteiger partial charge is 0.494 e. The Kier molecular flexibility index (Phi) is 65.7. The number of rotatable bonds is 28. The molecule has 7 aromatic rings. The van der Waals surface area contributed by atoms with Crippen LogP contribution in [-0.2, 0) is 0 Å². The third kappa shape index (κ3) is 45.4. The number of aliphatic hydroxyl groups excluding tert-OH is 3. The van der Waals surface area contributed by atoms with Gasteiger partial charge in [0.05, 0.1) is 85.9 Å². The van der Waals surface area contributed by atoms with Gasteiger partial charge in [0, 0.05) is 124 Å². The molecule has 5 atom stereocenters. The number of aromatic carboxylic acids is 1. The standard InChI is InChI=1S/C25H31N3O3.C15H22N2O4.C15H24N2O2.C8H9NO2.C8H17NO.C7H6FNO3.C5H11N.C3H7BrO.CHI3.CH4O.4CH4/c1-17-8-10-22-21(15-17)25(29)28(19(3)26-22)23-11-9-20(16-24(23)30-4)31-14-6-13-27-12-5-7-18(27)2;1-12-5-3-8-16(12)9-4-10-21-13-6-7-14(17(18)19)15(11-13)20-2;1-12-5-3-8-17(12)9-4-10-19-13-6-7-14(16)15(11-13)18-2;1-5-2-3-7(9)6(4-5)8(10)11;1-8-4-2-5-9(8)6-3-7-10;1-12-7-4-5(8)2-3-6(7)9(10)11;1-5-3-2-4-6-5;4-2-1-3-5;2-1(3)4;1-2;;;;/h8-11,15-16,18H,5-7,12-14H2,1-4H3;6-7,11-12H,3-5,8-10H2,1-2H3;6-7,11-12H,3-5,8-10,16H2,1-2H3;2-4H,9H2,1H3,(H,10,11);8,10H,2-7H2,1H3;2-4H,1H3;5-6H,2-4H2,1H3;5H,1-3H2;1H;2H,1H3;4*1H4/t18-;2*12-;;8-;;5-;;;;;;;/m000.0.0......./s1. The van der Waals surface area contributed by atoms with Crippen LogP contribution < -0.4 is 55.5 Å². The highest BCUT2D eigenvalue weighted by atomic mass is 127. The number of hydrogen-bond donors (Lipinski definition) is 7. The number of fused-ring (bicyclic) bond motifs is 1. The number of nitrogens with zero attached hydrogens (tertiary/aromatic N) is 8. The molecule has 12 rings (SSSR count). The molecule has 708 valence electrons. The van der Waals surface area contributed by atoms with Crippen molar-refractivity contribution in [2.45, 2.75) is 212 Å². The molecule has 28 nitrogen and oxygen atoms in total. The number of nitrogens with two attached hydrogens (primary N) is 2. The summed E-state index contributed by atoms with van der Waals surface area (Å²) in [5.41, 5.74) is 15.2. The Balaban J connectivity index is 0. The van der Waals surface area contributed by atoms with Crippen LogP contribution in [0.2, 0.25) is 0 Å². The van der Waals surface area contributed by atoms with Gasteiger partial charge in [0.15, 0.2) is 5.75 Å². The molecule has 0 bridgehead atoms. The number of carboxylic acid groups (broad SMARTS) is 1. The number of carboxylic acids is 1. The second-order valence-electron chi connectivity index (χ2n) is 29.4. The predicted molar refractivity (Wildman–Crippen MR) is 539 cm³/mol. The quantitative estimate of drug-likeness (QED) is 0.00598. The number of methoxy groups -OCH3 is 4. The average molecular weight is 2160 g/mol. The number of aryl methyl sites for hydroxylation is 3. The first-order valence-electron chi connectivity index (χ1n) is 41.2. The Hall–Kier alpha value is -6.79. The lowest BCUT2D eigenvalue weighted by Gasteiger charge is -2.20. The molecule has 6 aromatic carbocycles. The number of nitrogen functional groups attached to an aromatic ring is 2. The number of benzene rings is 6. The first kappa shape index (κ1) is 120. The highest BCUT2D eigenvalue weighted by molar-refractivity contribution is 14.3. The monoisotopic (exact) mass is 2160 g/mol. The van der Waals surface area contributed by atoms with Gasteiger partial charge in [-0.15, -0.1) is 0 Å². The number of halogens is 5. The molecule has 0 aliphatic carbocycles. The van der Waals surface area contributed by atoms with Crippen molar-refractivity contribution >= 4 is 123 Å². The van der Waals surface area contributed by atoms with E-state index < -0.39 is 21.6 Å². The zero-order valence-corrected chi connectivity index (χ0v) is 80.8. The lowest BCUT2D eigenvalue weighted by Crippen LogP contribution is -2.28. The normalized spacial score (nSPS) is 16.5. The van der Waals surface area contributed by atoms with Gasteiger partial charge in [-0.3, -0.25) is 29.6 Å². The zero-order valence-electron chi connectivity index (χ0n) is 72.8. The highest BCUT2D eigenvalue weighted by Gasteiger charge is 2.24. The number of aliphatic hydroxyl groups is 3. The number of likely N-dealkylation sites (tertiary alicyclic amines) is 4. The summed E-state index contributed by atoms with van der Waals surface area (Å²) >= 11 is 10.1. The lowest BCUT2D eigenvalue weighted by atomic mass is 10.1. The van der Waals surface area contributed by atoms with E-state index >= 15 is 0 Å². The number of alkyl halides is 4. The minimum atomic E-state index is -0.980. The Morgan fingerprint density at radius 2 is 0.944 bits per heavy atom. The molecule has 6 heterocycles. The zero-order chi connectivity index (χ0) is 89.9. The van der Waals surface area contributed by atoms with E-state index in [9.17, 15) is 34.2 Å². The number of carbonyl (C=O) groups is 1. The SMILES string of the molecule is C.C.C.C.CO.COc1cc(F)ccc1[N+](=O)[O-].COc1cc(OCCCN2CCC[C@@H]2C)ccc1-n1c(C)nc2ccc(C)cc2c1=O.COc1cc(OCCCN2CCC[C@@H]2C)ccc1N.COc1cc(OCCCN2CCC[C@@H]2C)ccc1[N+](=O)[O-].C[C@H]1CCCN1.C[C@H]1CCCN1CCCO.Cc1ccc(N)c(C(=O)O)c1.IC(I)I.OCCCBr. The minimum Gasteiger partial charge on any atom is -0.494 e. The van der Waals surface area contributed by atoms with Gasteiger partial charge >= 0.3 is 17.3 Å². The maximum absolute atomic E-state index is 13.2. The number of aromatic nitrogens is 2. The first-order valence-corrected chi connectivity index (χ1v) is 46.0. The van der Waals surface area contributed by atoms with Crippen molar-refractivity contribution in [2.24, 2.45) is 0 Å². The summed E-state index contributed by atoms with van der Waals surface area (Å²) in [5, 5.41) is 58.2. The molecule has 33 heteroatoms. The van der Waals surface area contributed by atoms with Gasteiger partial charge < -0.3 is 90.0 Å². The molecule has 0 amide bonds. The van der Waals surface area contributed by atoms with E-state index in [1.54, 1.807) is 49.1 Å². The molecule has 0 spiro atoms. The van der Waals surface area contributed by atoms with Gasteiger partial charge in [-0.1, -0.05) is 137 Å². The van der Waals surface area contributed by atoms with Crippen molar-refractivity contribution in [3.63, 3.8) is 0 Å². The second-order valence-corrected chi connectivity index (χ2v) is 41.1. The fourth-order valence-corrected chi connectivity index (χ4v) is 14.1. The summed E-state index contributed by atoms with van der Waals surface area (Å²) in [5.74, 6) is 2.66. The van der Waals surface area contributed by atoms with E-state index in [1.807, 2.05) is 75.4 Å². The number of hydrogen-bond acceptors (Lipinski definition) is 24. The van der Waals surface area contributed by atoms with E-state index in [0.717, 1.165) is 136 Å². The molecule has 0 saturated carbocycles. The Morgan fingerprint density at radius 1 is 0.552 bits per heavy atom. The van der Waals surface area contributed by atoms with Crippen molar-refractivity contribution in [1.29, 1.82) is 0 Å². The second kappa shape index (κ2) is 68.3. The summed E-state index contributed by atoms with van der Waals surface area (Å²) in [4.78, 5) is 58.4. The molecule has 5 saturated heterocycles. The van der Waals surface area contributed by atoms with Crippen LogP contribution in [0.1, 0.15) is 188 Å². The fourth-order valence-electron chi connectivity index (χ4n) is 13.8. The lowest BCUT2D eigenvalue weighted by molar-refractivity contribution is -0.385. The van der Waals surface area contributed by atoms with Crippen LogP contribution >= 0.6 is 83.7 Å². The summed E-state index contributed by atoms with van der Waals surface area (Å²) in [7, 11) is 6.89. The molecular formula is C92H148BrFI3N11O17. The van der Waals surface area contributed by atoms with Crippen LogP contribution in [0.5, 0.6) is 40.2 Å². The number of nitro benzene ring substituents is 2. The Morgan fingerprint density at radius 3 is 1.31 bits per heavy atom. The summed E-state index contributed by atoms with van der Waals surface area (Å²) < 4.78 is 52.6. The molecule has 0 radical (unpaired) electrons. The molecular weight excluding hydrogens is 2010 g/mol. The van der Waals surface area contributed by atoms with Gasteiger partial charge in [0.2, 0.25) is 5.75 Å². The maximum Gasteiger partial charge on any atom is 0.337 e. The van der Waals surface area contributed by atoms with Crippen LogP contribution in [0.3, 0.4) is 0 Å². The number of ether oxygens (including phenoxy) is 7. The Labute approximate surface area is 793 Å². The molecule has 0 unspecified atom stereocenters. The van der Waals surface area contributed by atoms with Gasteiger partial charge in [-0.25, -0.2) is 14.2 Å². The van der Waals surface area contributed by atoms with Crippen LogP contribution in [0, 0.1) is 46.8 Å². The molecule has 5 fully saturated rings. The van der Waals surface area contributed by atoms with E-state index in [2.05, 4.69) is 153 Å². The highest BCUT2D eigenvalue weighted by Crippen LogP contribution is 2.33. The Bertz CT molecular complexity index is 4200. The molecule has 5 aliphatic rings. The summed E-state index contributed by atoms with van der Waals surface area (Å²) in [6.45, 7) is 30.0. The molecule has 5 aliphatic heterocycles. The van der Waals surface area contributed by atoms with Crippen molar-refractivity contribution in [3.8, 4) is 45.9 Å². The molecule has 9 N–H and O–H groups in total. The first-order chi connectivity index (χ1) is 57.9. The van der Waals surface area contributed by atoms with Crippen LogP contribution in [0.4, 0.5) is 27.1 Å². The van der Waals surface area contributed by atoms with Crippen LogP contribution in [0.15, 0.2) is 114 Å². The smallest absolute Gasteiger partial charge is 0.337 e. The fraction of sp³-hybridized carbons (Fsp3) is 0.576. The van der Waals surface area contributed by atoms with Crippen molar-refractivity contribution in [1.82, 2.24) is 34.5 Å². The van der Waals surface area contributed by atoms with E-state index in [4.69, 9.17) is 60.3 Å². The molecule has 125 heavy (non-hydrogen) atoms. The third-order valence-corrected chi connectivity index (χ3v) is 21.0. The van der Waals surface area contributed by atoms with E-state index in [0.29, 0.717) is 89.5 Å². The molecule has 1 aromatic heterocycles. The number of nitro groups is 2. The minimum absolute atomic E-state index is 0. The predicted octanol–water partition coefficient (Wildman–Crippen LogP) is 19.8. The van der Waals surface area contributed by atoms with Crippen LogP contribution in [0.25, 0.3) is 16.6 Å². The average Bonchev–Trinajstić information content (AvgIpc) is 1.46. The van der Waals surface area contributed by atoms with Crippen molar-refractivity contribution in [3.05, 3.63) is 168 Å². The van der Waals surface area contributed by atoms with E-state index in [1.165, 1.54) is 117 Å². The van der Waals surface area contributed by atoms with Crippen LogP contribution in [-0.4, -0.2) is 228 Å². The van der Waals surface area contributed by atoms with Gasteiger partial charge in [0.1, 0.15) is 40.3 Å². The summed E-state index contributed by atoms with van der Waals surface area (Å²) in [6, 6.07) is 33.1.